The molecular formula is C11H14N2O4. The number of nitrogens with one attached hydrogen (secondary N) is 1. The molecule has 6 heteroatoms. The highest BCUT2D eigenvalue weighted by atomic mass is 16.6. The smallest absolute Gasteiger partial charge is 0.408 e. The van der Waals surface area contributed by atoms with Gasteiger partial charge in [0.15, 0.2) is 6.73 Å². The molecule has 0 spiro atoms. The van der Waals surface area contributed by atoms with Crippen LogP contribution in [0, 0.1) is 11.8 Å². The molecule has 1 aliphatic heterocycles. The Hall–Kier alpha value is -1.85. The predicted octanol–water partition coefficient (Wildman–Crippen LogP) is 0.251. The van der Waals surface area contributed by atoms with Gasteiger partial charge in [-0.15, -0.1) is 0 Å². The summed E-state index contributed by atoms with van der Waals surface area (Å²) >= 11 is 0. The molecule has 92 valence electrons. The molecule has 1 saturated heterocycles. The van der Waals surface area contributed by atoms with Gasteiger partial charge < -0.3 is 10.1 Å². The minimum absolute atomic E-state index is 0.242. The average Bonchev–Trinajstić information content (AvgIpc) is 2.60. The van der Waals surface area contributed by atoms with Crippen LogP contribution in [0.15, 0.2) is 12.2 Å². The first kappa shape index (κ1) is 11.6. The van der Waals surface area contributed by atoms with Crippen molar-refractivity contribution >= 4 is 17.9 Å². The van der Waals surface area contributed by atoms with Gasteiger partial charge in [-0.2, -0.15) is 0 Å². The number of hydrogen-bond donors (Lipinski definition) is 1. The fourth-order valence-corrected chi connectivity index (χ4v) is 2.19. The van der Waals surface area contributed by atoms with Crippen LogP contribution in [0.25, 0.3) is 0 Å². The summed E-state index contributed by atoms with van der Waals surface area (Å²) < 4.78 is 4.74. The van der Waals surface area contributed by atoms with E-state index in [1.165, 1.54) is 7.05 Å². The van der Waals surface area contributed by atoms with Gasteiger partial charge in [-0.25, -0.2) is 9.69 Å². The van der Waals surface area contributed by atoms with Crippen molar-refractivity contribution in [2.75, 3.05) is 13.8 Å². The van der Waals surface area contributed by atoms with Crippen LogP contribution in [-0.2, 0) is 14.3 Å². The van der Waals surface area contributed by atoms with E-state index in [4.69, 9.17) is 4.74 Å². The summed E-state index contributed by atoms with van der Waals surface area (Å²) in [6.45, 7) is -0.301. The van der Waals surface area contributed by atoms with Gasteiger partial charge in [0.1, 0.15) is 0 Å². The fourth-order valence-electron chi connectivity index (χ4n) is 2.19. The van der Waals surface area contributed by atoms with Crippen LogP contribution >= 0.6 is 0 Å². The van der Waals surface area contributed by atoms with E-state index in [-0.39, 0.29) is 30.4 Å². The Morgan fingerprint density at radius 2 is 1.88 bits per heavy atom. The van der Waals surface area contributed by atoms with Crippen molar-refractivity contribution in [1.82, 2.24) is 10.2 Å². The number of amides is 3. The summed E-state index contributed by atoms with van der Waals surface area (Å²) in [5, 5.41) is 2.26. The topological polar surface area (TPSA) is 75.7 Å². The average molecular weight is 238 g/mol. The number of likely N-dealkylation sites (tertiary alicyclic amines) is 1. The Kier molecular flexibility index (Phi) is 3.12. The number of carbonyl (C=O) groups is 3. The summed E-state index contributed by atoms with van der Waals surface area (Å²) in [6, 6.07) is 0. The summed E-state index contributed by atoms with van der Waals surface area (Å²) in [5.41, 5.74) is 0. The quantitative estimate of drug-likeness (QED) is 0.552. The molecule has 0 radical (unpaired) electrons. The molecule has 1 fully saturated rings. The van der Waals surface area contributed by atoms with Gasteiger partial charge in [-0.1, -0.05) is 12.2 Å². The zero-order chi connectivity index (χ0) is 12.4. The number of alkyl carbamates (subject to hydrolysis) is 1. The van der Waals surface area contributed by atoms with Crippen LogP contribution in [0.5, 0.6) is 0 Å². The molecule has 0 aromatic heterocycles. The van der Waals surface area contributed by atoms with Crippen molar-refractivity contribution < 1.29 is 19.1 Å². The van der Waals surface area contributed by atoms with Gasteiger partial charge in [-0.3, -0.25) is 9.59 Å². The molecule has 0 aromatic carbocycles. The number of nitrogens with zero attached hydrogens (tertiary/aromatic N) is 1. The van der Waals surface area contributed by atoms with Gasteiger partial charge in [0, 0.05) is 7.05 Å². The Morgan fingerprint density at radius 3 is 2.35 bits per heavy atom. The highest BCUT2D eigenvalue weighted by Crippen LogP contribution is 2.34. The normalized spacial score (nSPS) is 27.0. The van der Waals surface area contributed by atoms with E-state index in [9.17, 15) is 14.4 Å². The molecule has 0 unspecified atom stereocenters. The van der Waals surface area contributed by atoms with Crippen molar-refractivity contribution in [2.45, 2.75) is 12.8 Å². The van der Waals surface area contributed by atoms with E-state index in [2.05, 4.69) is 5.32 Å². The molecule has 3 amide bonds. The molecule has 17 heavy (non-hydrogen) atoms. The van der Waals surface area contributed by atoms with Crippen LogP contribution in [0.4, 0.5) is 4.79 Å². The molecule has 0 saturated carbocycles. The van der Waals surface area contributed by atoms with Gasteiger partial charge in [-0.05, 0) is 12.8 Å². The minimum atomic E-state index is -0.654. The maximum atomic E-state index is 11.9. The Morgan fingerprint density at radius 1 is 1.35 bits per heavy atom. The lowest BCUT2D eigenvalue weighted by Crippen LogP contribution is -2.36. The van der Waals surface area contributed by atoms with E-state index in [1.807, 2.05) is 12.2 Å². The van der Waals surface area contributed by atoms with Crippen molar-refractivity contribution in [3.05, 3.63) is 12.2 Å². The number of imide groups is 1. The third kappa shape index (κ3) is 2.02. The summed E-state index contributed by atoms with van der Waals surface area (Å²) in [7, 11) is 1.42. The molecule has 1 heterocycles. The Bertz CT molecular complexity index is 365. The summed E-state index contributed by atoms with van der Waals surface area (Å²) in [5.74, 6) is -1.04. The molecule has 0 bridgehead atoms. The molecular weight excluding hydrogens is 224 g/mol. The second-order valence-electron chi connectivity index (χ2n) is 4.07. The van der Waals surface area contributed by atoms with Crippen molar-refractivity contribution in [3.63, 3.8) is 0 Å². The van der Waals surface area contributed by atoms with Gasteiger partial charge in [0.05, 0.1) is 11.8 Å². The lowest BCUT2D eigenvalue weighted by Gasteiger charge is -2.14. The Labute approximate surface area is 98.6 Å². The first-order chi connectivity index (χ1) is 8.15. The van der Waals surface area contributed by atoms with Crippen molar-refractivity contribution in [3.8, 4) is 0 Å². The van der Waals surface area contributed by atoms with Crippen LogP contribution in [0.2, 0.25) is 0 Å². The highest BCUT2D eigenvalue weighted by molar-refractivity contribution is 6.05. The monoisotopic (exact) mass is 238 g/mol. The SMILES string of the molecule is CNC(=O)OCN1C(=O)[C@@H]2CC=CC[C@H]2C1=O. The maximum Gasteiger partial charge on any atom is 0.408 e. The highest BCUT2D eigenvalue weighted by Gasteiger charge is 2.47. The van der Waals surface area contributed by atoms with Gasteiger partial charge in [0.25, 0.3) is 0 Å². The van der Waals surface area contributed by atoms with Crippen LogP contribution in [0.1, 0.15) is 12.8 Å². The van der Waals surface area contributed by atoms with E-state index in [0.717, 1.165) is 4.90 Å². The van der Waals surface area contributed by atoms with Crippen LogP contribution in [0.3, 0.4) is 0 Å². The molecule has 6 nitrogen and oxygen atoms in total. The zero-order valence-electron chi connectivity index (χ0n) is 9.51. The van der Waals surface area contributed by atoms with Gasteiger partial charge in [0.2, 0.25) is 11.8 Å². The van der Waals surface area contributed by atoms with Crippen molar-refractivity contribution in [1.29, 1.82) is 0 Å². The maximum absolute atomic E-state index is 11.9. The second kappa shape index (κ2) is 4.57. The number of ether oxygens (including phenoxy) is 1. The van der Waals surface area contributed by atoms with E-state index in [1.54, 1.807) is 0 Å². The molecule has 2 atom stereocenters. The summed E-state index contributed by atoms with van der Waals surface area (Å²) in [4.78, 5) is 35.7. The molecule has 2 rings (SSSR count). The number of fused-ring (bicyclic) bond motifs is 1. The molecule has 1 N–H and O–H groups in total. The number of rotatable bonds is 2. The van der Waals surface area contributed by atoms with E-state index in [0.29, 0.717) is 12.8 Å². The van der Waals surface area contributed by atoms with Gasteiger partial charge >= 0.3 is 6.09 Å². The molecule has 0 aromatic rings. The predicted molar refractivity (Wildman–Crippen MR) is 57.6 cm³/mol. The Balaban J connectivity index is 2.02. The number of allylic oxidation sites excluding steroid dienone is 2. The standard InChI is InChI=1S/C11H14N2O4/c1-12-11(16)17-6-13-9(14)7-4-2-3-5-8(7)10(13)15/h2-3,7-8H,4-6H2,1H3,(H,12,16)/t7-,8-/m1/s1. The lowest BCUT2D eigenvalue weighted by atomic mass is 9.85. The van der Waals surface area contributed by atoms with Crippen LogP contribution in [-0.4, -0.2) is 36.6 Å². The lowest BCUT2D eigenvalue weighted by molar-refractivity contribution is -0.144. The zero-order valence-corrected chi connectivity index (χ0v) is 9.51. The molecule has 1 aliphatic carbocycles. The fraction of sp³-hybridized carbons (Fsp3) is 0.545. The number of hydrogen-bond acceptors (Lipinski definition) is 4. The van der Waals surface area contributed by atoms with E-state index >= 15 is 0 Å². The second-order valence-corrected chi connectivity index (χ2v) is 4.07. The largest absolute Gasteiger partial charge is 0.428 e. The van der Waals surface area contributed by atoms with Crippen LogP contribution < -0.4 is 5.32 Å². The third-order valence-electron chi connectivity index (χ3n) is 3.13. The number of carbonyl (C=O) groups excluding carboxylic acids is 3. The minimum Gasteiger partial charge on any atom is -0.428 e. The van der Waals surface area contributed by atoms with E-state index < -0.39 is 6.09 Å². The molecule has 2 aliphatic rings. The van der Waals surface area contributed by atoms with Crippen molar-refractivity contribution in [2.24, 2.45) is 11.8 Å². The first-order valence-corrected chi connectivity index (χ1v) is 5.50. The summed E-state index contributed by atoms with van der Waals surface area (Å²) in [6.07, 6.45) is 4.35. The first-order valence-electron chi connectivity index (χ1n) is 5.50. The third-order valence-corrected chi connectivity index (χ3v) is 3.13.